The van der Waals surface area contributed by atoms with Crippen molar-refractivity contribution < 1.29 is 14.6 Å². The molecule has 5 heteroatoms. The van der Waals surface area contributed by atoms with Gasteiger partial charge < -0.3 is 9.84 Å². The van der Waals surface area contributed by atoms with Gasteiger partial charge in [-0.05, 0) is 17.7 Å². The summed E-state index contributed by atoms with van der Waals surface area (Å²) in [5.41, 5.74) is 1.89. The summed E-state index contributed by atoms with van der Waals surface area (Å²) < 4.78 is 5.54. The lowest BCUT2D eigenvalue weighted by Crippen LogP contribution is -2.08. The molecular formula is C16H12N2O3. The fourth-order valence-corrected chi connectivity index (χ4v) is 1.95. The van der Waals surface area contributed by atoms with E-state index in [-0.39, 0.29) is 18.2 Å². The second kappa shape index (κ2) is 5.58. The van der Waals surface area contributed by atoms with E-state index >= 15 is 0 Å². The van der Waals surface area contributed by atoms with E-state index in [9.17, 15) is 9.90 Å². The van der Waals surface area contributed by atoms with Crippen LogP contribution in [0.3, 0.4) is 0 Å². The molecule has 104 valence electrons. The zero-order valence-corrected chi connectivity index (χ0v) is 11.1. The number of para-hydroxylation sites is 2. The molecule has 0 saturated heterocycles. The molecule has 21 heavy (non-hydrogen) atoms. The minimum Gasteiger partial charge on any atom is -0.476 e. The zero-order valence-electron chi connectivity index (χ0n) is 11.1. The van der Waals surface area contributed by atoms with Crippen molar-refractivity contribution in [2.45, 2.75) is 6.61 Å². The molecule has 1 heterocycles. The van der Waals surface area contributed by atoms with Crippen LogP contribution in [0.4, 0.5) is 0 Å². The van der Waals surface area contributed by atoms with E-state index < -0.39 is 5.97 Å². The minimum absolute atomic E-state index is 0.0325. The van der Waals surface area contributed by atoms with Crippen LogP contribution in [-0.4, -0.2) is 21.0 Å². The Labute approximate surface area is 120 Å². The highest BCUT2D eigenvalue weighted by molar-refractivity contribution is 5.90. The Hall–Kier alpha value is -2.95. The lowest BCUT2D eigenvalue weighted by molar-refractivity contribution is 0.0684. The Bertz CT molecular complexity index is 788. The molecule has 0 spiro atoms. The van der Waals surface area contributed by atoms with Crippen molar-refractivity contribution in [3.05, 3.63) is 65.9 Å². The van der Waals surface area contributed by atoms with Crippen LogP contribution < -0.4 is 4.74 Å². The summed E-state index contributed by atoms with van der Waals surface area (Å²) in [5, 5.41) is 9.24. The summed E-state index contributed by atoms with van der Waals surface area (Å²) in [5.74, 6) is -1.12. The van der Waals surface area contributed by atoms with Gasteiger partial charge in [-0.25, -0.2) is 14.8 Å². The maximum atomic E-state index is 11.3. The molecule has 3 rings (SSSR count). The van der Waals surface area contributed by atoms with Crippen LogP contribution >= 0.6 is 0 Å². The molecule has 0 bridgehead atoms. The number of hydrogen-bond donors (Lipinski definition) is 1. The van der Waals surface area contributed by atoms with Gasteiger partial charge in [0.1, 0.15) is 6.61 Å². The fourth-order valence-electron chi connectivity index (χ4n) is 1.95. The van der Waals surface area contributed by atoms with Gasteiger partial charge in [0, 0.05) is 0 Å². The first-order chi connectivity index (χ1) is 10.2. The summed E-state index contributed by atoms with van der Waals surface area (Å²) in [6.07, 6.45) is 0. The molecule has 2 aromatic carbocycles. The number of carboxylic acids is 1. The molecule has 0 aliphatic carbocycles. The molecule has 3 aromatic rings. The van der Waals surface area contributed by atoms with E-state index in [1.165, 1.54) is 0 Å². The lowest BCUT2D eigenvalue weighted by Gasteiger charge is -2.08. The number of aromatic nitrogens is 2. The van der Waals surface area contributed by atoms with Crippen LogP contribution in [0.1, 0.15) is 16.1 Å². The van der Waals surface area contributed by atoms with Crippen LogP contribution in [-0.2, 0) is 6.61 Å². The first-order valence-electron chi connectivity index (χ1n) is 6.41. The third-order valence-electron chi connectivity index (χ3n) is 2.96. The van der Waals surface area contributed by atoms with E-state index in [1.54, 1.807) is 18.2 Å². The average molecular weight is 280 g/mol. The Morgan fingerprint density at radius 1 is 0.952 bits per heavy atom. The molecule has 0 radical (unpaired) electrons. The topological polar surface area (TPSA) is 72.3 Å². The normalized spacial score (nSPS) is 10.5. The molecular weight excluding hydrogens is 268 g/mol. The Kier molecular flexibility index (Phi) is 3.47. The SMILES string of the molecule is O=C(O)c1nc2ccccc2nc1OCc1ccccc1. The lowest BCUT2D eigenvalue weighted by atomic mass is 10.2. The minimum atomic E-state index is -1.16. The van der Waals surface area contributed by atoms with Crippen molar-refractivity contribution in [1.29, 1.82) is 0 Å². The number of benzene rings is 2. The highest BCUT2D eigenvalue weighted by Gasteiger charge is 2.16. The third-order valence-corrected chi connectivity index (χ3v) is 2.96. The predicted octanol–water partition coefficient (Wildman–Crippen LogP) is 2.91. The predicted molar refractivity (Wildman–Crippen MR) is 77.3 cm³/mol. The van der Waals surface area contributed by atoms with Gasteiger partial charge in [0.2, 0.25) is 11.6 Å². The molecule has 0 fully saturated rings. The molecule has 0 amide bonds. The maximum Gasteiger partial charge on any atom is 0.360 e. The summed E-state index contributed by atoms with van der Waals surface area (Å²) in [6, 6.07) is 16.6. The second-order valence-corrected chi connectivity index (χ2v) is 4.45. The smallest absolute Gasteiger partial charge is 0.360 e. The average Bonchev–Trinajstić information content (AvgIpc) is 2.53. The Morgan fingerprint density at radius 2 is 1.57 bits per heavy atom. The molecule has 0 saturated carbocycles. The van der Waals surface area contributed by atoms with Gasteiger partial charge >= 0.3 is 5.97 Å². The van der Waals surface area contributed by atoms with Gasteiger partial charge in [-0.2, -0.15) is 0 Å². The molecule has 5 nitrogen and oxygen atoms in total. The van der Waals surface area contributed by atoms with Crippen LogP contribution in [0.5, 0.6) is 5.88 Å². The van der Waals surface area contributed by atoms with Crippen molar-refractivity contribution in [3.63, 3.8) is 0 Å². The van der Waals surface area contributed by atoms with E-state index in [1.807, 2.05) is 36.4 Å². The summed E-state index contributed by atoms with van der Waals surface area (Å²) >= 11 is 0. The molecule has 0 atom stereocenters. The number of aromatic carboxylic acids is 1. The molecule has 1 N–H and O–H groups in total. The number of fused-ring (bicyclic) bond motifs is 1. The van der Waals surface area contributed by atoms with E-state index in [4.69, 9.17) is 4.74 Å². The molecule has 0 unspecified atom stereocenters. The number of hydrogen-bond acceptors (Lipinski definition) is 4. The highest BCUT2D eigenvalue weighted by atomic mass is 16.5. The molecule has 0 aliphatic rings. The van der Waals surface area contributed by atoms with Gasteiger partial charge in [-0.3, -0.25) is 0 Å². The van der Waals surface area contributed by atoms with Crippen LogP contribution in [0, 0.1) is 0 Å². The highest BCUT2D eigenvalue weighted by Crippen LogP contribution is 2.20. The van der Waals surface area contributed by atoms with E-state index in [2.05, 4.69) is 9.97 Å². The third kappa shape index (κ3) is 2.81. The quantitative estimate of drug-likeness (QED) is 0.795. The first kappa shape index (κ1) is 13.1. The summed E-state index contributed by atoms with van der Waals surface area (Å²) in [7, 11) is 0. The number of nitrogens with zero attached hydrogens (tertiary/aromatic N) is 2. The van der Waals surface area contributed by atoms with Crippen molar-refractivity contribution in [2.75, 3.05) is 0 Å². The second-order valence-electron chi connectivity index (χ2n) is 4.45. The van der Waals surface area contributed by atoms with E-state index in [0.29, 0.717) is 11.0 Å². The molecule has 0 aliphatic heterocycles. The largest absolute Gasteiger partial charge is 0.476 e. The van der Waals surface area contributed by atoms with Crippen LogP contribution in [0.2, 0.25) is 0 Å². The zero-order chi connectivity index (χ0) is 14.7. The van der Waals surface area contributed by atoms with Crippen molar-refractivity contribution in [1.82, 2.24) is 9.97 Å². The Balaban J connectivity index is 1.96. The van der Waals surface area contributed by atoms with Gasteiger partial charge in [-0.1, -0.05) is 42.5 Å². The van der Waals surface area contributed by atoms with Gasteiger partial charge in [0.15, 0.2) is 0 Å². The standard InChI is InChI=1S/C16H12N2O3/c19-16(20)14-15(21-10-11-6-2-1-3-7-11)18-13-9-5-4-8-12(13)17-14/h1-9H,10H2,(H,19,20). The van der Waals surface area contributed by atoms with Gasteiger partial charge in [0.05, 0.1) is 11.0 Å². The monoisotopic (exact) mass is 280 g/mol. The summed E-state index contributed by atoms with van der Waals surface area (Å²) in [6.45, 7) is 0.244. The Morgan fingerprint density at radius 3 is 2.24 bits per heavy atom. The number of ether oxygens (including phenoxy) is 1. The van der Waals surface area contributed by atoms with Gasteiger partial charge in [0.25, 0.3) is 0 Å². The van der Waals surface area contributed by atoms with E-state index in [0.717, 1.165) is 5.56 Å². The van der Waals surface area contributed by atoms with Crippen LogP contribution in [0.15, 0.2) is 54.6 Å². The van der Waals surface area contributed by atoms with Gasteiger partial charge in [-0.15, -0.1) is 0 Å². The number of rotatable bonds is 4. The maximum absolute atomic E-state index is 11.3. The van der Waals surface area contributed by atoms with Crippen molar-refractivity contribution >= 4 is 17.0 Å². The number of carbonyl (C=O) groups is 1. The molecule has 1 aromatic heterocycles. The first-order valence-corrected chi connectivity index (χ1v) is 6.41. The van der Waals surface area contributed by atoms with Crippen molar-refractivity contribution in [3.8, 4) is 5.88 Å². The summed E-state index contributed by atoms with van der Waals surface area (Å²) in [4.78, 5) is 19.6. The number of carboxylic acid groups (broad SMARTS) is 1. The van der Waals surface area contributed by atoms with Crippen molar-refractivity contribution in [2.24, 2.45) is 0 Å². The van der Waals surface area contributed by atoms with Crippen LogP contribution in [0.25, 0.3) is 11.0 Å². The fraction of sp³-hybridized carbons (Fsp3) is 0.0625.